The zero-order valence-electron chi connectivity index (χ0n) is 14.0. The molecule has 0 nitrogen and oxygen atoms in total. The van der Waals surface area contributed by atoms with Crippen LogP contribution in [-0.2, 0) is 0 Å². The van der Waals surface area contributed by atoms with Gasteiger partial charge in [-0.15, -0.1) is 23.5 Å². The highest BCUT2D eigenvalue weighted by atomic mass is 32.2. The second kappa shape index (κ2) is 7.91. The van der Waals surface area contributed by atoms with E-state index in [1.165, 1.54) is 20.5 Å². The molecule has 0 saturated heterocycles. The summed E-state index contributed by atoms with van der Waals surface area (Å²) in [7, 11) is -2.37. The third-order valence-corrected chi connectivity index (χ3v) is 29.9. The lowest BCUT2D eigenvalue weighted by molar-refractivity contribution is 1.46. The van der Waals surface area contributed by atoms with Gasteiger partial charge < -0.3 is 0 Å². The lowest BCUT2D eigenvalue weighted by Gasteiger charge is -2.38. The van der Waals surface area contributed by atoms with Gasteiger partial charge in [0.1, 0.15) is 0 Å². The van der Waals surface area contributed by atoms with Crippen LogP contribution in [0.1, 0.15) is 0 Å². The zero-order chi connectivity index (χ0) is 16.1. The smallest absolute Gasteiger partial charge is 0.0534 e. The predicted molar refractivity (Wildman–Crippen MR) is 109 cm³/mol. The molecule has 2 aromatic rings. The van der Waals surface area contributed by atoms with Crippen molar-refractivity contribution in [1.82, 2.24) is 0 Å². The molecule has 2 aromatic carbocycles. The molecule has 0 N–H and O–H groups in total. The van der Waals surface area contributed by atoms with Crippen LogP contribution < -0.4 is 0 Å². The van der Waals surface area contributed by atoms with Crippen molar-refractivity contribution in [3.8, 4) is 0 Å². The van der Waals surface area contributed by atoms with Crippen LogP contribution in [0.2, 0.25) is 26.2 Å². The summed E-state index contributed by atoms with van der Waals surface area (Å²) >= 11 is 4.13. The second-order valence-corrected chi connectivity index (χ2v) is 26.5. The van der Waals surface area contributed by atoms with Crippen molar-refractivity contribution in [2.75, 3.05) is 10.8 Å². The highest BCUT2D eigenvalue weighted by Crippen LogP contribution is 2.31. The first-order valence-electron chi connectivity index (χ1n) is 7.76. The van der Waals surface area contributed by atoms with E-state index in [0.29, 0.717) is 0 Å². The Hall–Kier alpha value is -0.426. The van der Waals surface area contributed by atoms with Crippen molar-refractivity contribution in [3.05, 3.63) is 60.7 Å². The van der Waals surface area contributed by atoms with Gasteiger partial charge in [0.25, 0.3) is 0 Å². The predicted octanol–water partition coefficient (Wildman–Crippen LogP) is 6.14. The lowest BCUT2D eigenvalue weighted by atomic mass is 10.4. The molecule has 0 unspecified atom stereocenters. The molecule has 2 rings (SSSR count). The quantitative estimate of drug-likeness (QED) is 0.428. The van der Waals surface area contributed by atoms with Gasteiger partial charge in [-0.3, -0.25) is 0 Å². The Morgan fingerprint density at radius 1 is 0.591 bits per heavy atom. The monoisotopic (exact) mass is 362 g/mol. The Bertz CT molecular complexity index is 515. The summed E-state index contributed by atoms with van der Waals surface area (Å²) in [4.78, 5) is 2.84. The molecule has 0 radical (unpaired) electrons. The second-order valence-electron chi connectivity index (χ2n) is 6.97. The SMILES string of the molecule is C[Si](C)(CSc1ccccc1)[Si](C)(C)CSc1ccccc1. The van der Waals surface area contributed by atoms with Crippen LogP contribution in [0.5, 0.6) is 0 Å². The maximum atomic E-state index is 2.60. The summed E-state index contributed by atoms with van der Waals surface area (Å²) in [6, 6.07) is 21.7. The first kappa shape index (κ1) is 17.9. The van der Waals surface area contributed by atoms with Crippen molar-refractivity contribution in [1.29, 1.82) is 0 Å². The number of hydrogen-bond donors (Lipinski definition) is 0. The van der Waals surface area contributed by atoms with Gasteiger partial charge in [-0.05, 0) is 35.0 Å². The minimum absolute atomic E-state index is 1.19. The number of rotatable bonds is 7. The molecular formula is C18H26S2Si2. The summed E-state index contributed by atoms with van der Waals surface area (Å²) in [5, 5.41) is 2.68. The molecular weight excluding hydrogens is 337 g/mol. The van der Waals surface area contributed by atoms with Crippen LogP contribution in [-0.4, -0.2) is 25.9 Å². The topological polar surface area (TPSA) is 0 Å². The van der Waals surface area contributed by atoms with E-state index < -0.39 is 15.2 Å². The first-order valence-corrected chi connectivity index (χ1v) is 17.1. The summed E-state index contributed by atoms with van der Waals surface area (Å²) < 4.78 is 0. The van der Waals surface area contributed by atoms with E-state index in [1.54, 1.807) is 0 Å². The van der Waals surface area contributed by atoms with Gasteiger partial charge in [-0.1, -0.05) is 62.6 Å². The average molecular weight is 363 g/mol. The Morgan fingerprint density at radius 2 is 0.909 bits per heavy atom. The number of benzene rings is 2. The van der Waals surface area contributed by atoms with Crippen LogP contribution in [0.3, 0.4) is 0 Å². The Labute approximate surface area is 145 Å². The van der Waals surface area contributed by atoms with Gasteiger partial charge in [0.15, 0.2) is 0 Å². The molecule has 0 bridgehead atoms. The molecule has 0 aliphatic rings. The van der Waals surface area contributed by atoms with E-state index in [0.717, 1.165) is 0 Å². The molecule has 4 heteroatoms. The van der Waals surface area contributed by atoms with Crippen LogP contribution in [0.25, 0.3) is 0 Å². The van der Waals surface area contributed by atoms with Gasteiger partial charge in [0.05, 0.1) is 15.2 Å². The van der Waals surface area contributed by atoms with Crippen molar-refractivity contribution in [2.24, 2.45) is 0 Å². The van der Waals surface area contributed by atoms with Crippen molar-refractivity contribution in [3.63, 3.8) is 0 Å². The Balaban J connectivity index is 1.93. The third-order valence-electron chi connectivity index (χ3n) is 4.52. The molecule has 118 valence electrons. The minimum atomic E-state index is -1.19. The molecule has 0 aliphatic heterocycles. The summed E-state index contributed by atoms with van der Waals surface area (Å²) in [6.07, 6.45) is 0. The number of hydrogen-bond acceptors (Lipinski definition) is 2. The standard InChI is InChI=1S/C18H26S2Si2/c1-21(2,15-19-17-11-7-5-8-12-17)22(3,4)16-20-18-13-9-6-10-14-18/h5-14H,15-16H2,1-4H3. The van der Waals surface area contributed by atoms with Crippen LogP contribution in [0.4, 0.5) is 0 Å². The van der Waals surface area contributed by atoms with Crippen LogP contribution >= 0.6 is 23.5 Å². The van der Waals surface area contributed by atoms with E-state index in [1.807, 2.05) is 0 Å². The normalized spacial score (nSPS) is 12.4. The molecule has 0 saturated carbocycles. The molecule has 22 heavy (non-hydrogen) atoms. The summed E-state index contributed by atoms with van der Waals surface area (Å²) in [5.41, 5.74) is 0. The molecule has 0 atom stereocenters. The average Bonchev–Trinajstić information content (AvgIpc) is 2.53. The zero-order valence-corrected chi connectivity index (χ0v) is 17.6. The third kappa shape index (κ3) is 5.05. The summed E-state index contributed by atoms with van der Waals surface area (Å²) in [5.74, 6) is 0. The highest BCUT2D eigenvalue weighted by Gasteiger charge is 2.40. The number of thioether (sulfide) groups is 2. The highest BCUT2D eigenvalue weighted by molar-refractivity contribution is 8.03. The van der Waals surface area contributed by atoms with E-state index in [4.69, 9.17) is 0 Å². The lowest BCUT2D eigenvalue weighted by Crippen LogP contribution is -2.59. The Kier molecular flexibility index (Phi) is 6.44. The van der Waals surface area contributed by atoms with Gasteiger partial charge in [0.2, 0.25) is 0 Å². The van der Waals surface area contributed by atoms with Crippen LogP contribution in [0, 0.1) is 0 Å². The maximum absolute atomic E-state index is 2.60. The summed E-state index contributed by atoms with van der Waals surface area (Å²) in [6.45, 7) is 10.4. The fourth-order valence-corrected chi connectivity index (χ4v) is 18.3. The van der Waals surface area contributed by atoms with Gasteiger partial charge >= 0.3 is 0 Å². The molecule has 0 aliphatic carbocycles. The molecule has 0 amide bonds. The molecule has 0 heterocycles. The van der Waals surface area contributed by atoms with Gasteiger partial charge in [0, 0.05) is 9.79 Å². The largest absolute Gasteiger partial charge is 0.129 e. The maximum Gasteiger partial charge on any atom is 0.0534 e. The van der Waals surface area contributed by atoms with E-state index in [2.05, 4.69) is 110 Å². The van der Waals surface area contributed by atoms with E-state index >= 15 is 0 Å². The van der Waals surface area contributed by atoms with Gasteiger partial charge in [-0.25, -0.2) is 0 Å². The van der Waals surface area contributed by atoms with Crippen molar-refractivity contribution in [2.45, 2.75) is 36.0 Å². The Morgan fingerprint density at radius 3 is 1.23 bits per heavy atom. The van der Waals surface area contributed by atoms with Crippen molar-refractivity contribution < 1.29 is 0 Å². The van der Waals surface area contributed by atoms with Gasteiger partial charge in [-0.2, -0.15) is 0 Å². The fraction of sp³-hybridized carbons (Fsp3) is 0.333. The van der Waals surface area contributed by atoms with E-state index in [9.17, 15) is 0 Å². The fourth-order valence-electron chi connectivity index (χ4n) is 1.95. The minimum Gasteiger partial charge on any atom is -0.129 e. The molecule has 0 spiro atoms. The molecule has 0 aromatic heterocycles. The van der Waals surface area contributed by atoms with Crippen molar-refractivity contribution >= 4 is 38.7 Å². The molecule has 0 fully saturated rings. The van der Waals surface area contributed by atoms with E-state index in [-0.39, 0.29) is 0 Å². The van der Waals surface area contributed by atoms with Crippen LogP contribution in [0.15, 0.2) is 70.5 Å². The first-order chi connectivity index (χ1) is 10.4.